The fourth-order valence-corrected chi connectivity index (χ4v) is 2.62. The van der Waals surface area contributed by atoms with Crippen molar-refractivity contribution < 1.29 is 28.6 Å². The van der Waals surface area contributed by atoms with Crippen LogP contribution in [-0.2, 0) is 9.59 Å². The van der Waals surface area contributed by atoms with Gasteiger partial charge in [-0.15, -0.1) is 0 Å². The van der Waals surface area contributed by atoms with Crippen LogP contribution in [0.15, 0.2) is 40.7 Å². The van der Waals surface area contributed by atoms with Gasteiger partial charge in [0.1, 0.15) is 0 Å². The average molecular weight is 309 g/mol. The Balaban J connectivity index is 2.78. The number of rotatable bonds is 3. The average Bonchev–Trinajstić information content (AvgIpc) is 2.39. The Hall–Kier alpha value is -2.70. The van der Waals surface area contributed by atoms with E-state index >= 15 is 0 Å². The summed E-state index contributed by atoms with van der Waals surface area (Å²) in [6, 6.07) is 3.27. The van der Waals surface area contributed by atoms with Crippen molar-refractivity contribution in [1.29, 1.82) is 0 Å². The fraction of sp³-hybridized carbons (Fsp3) is 0.200. The molecule has 22 heavy (non-hydrogen) atoms. The second-order valence-corrected chi connectivity index (χ2v) is 4.89. The van der Waals surface area contributed by atoms with Gasteiger partial charge in [0.25, 0.3) is 0 Å². The highest BCUT2D eigenvalue weighted by Crippen LogP contribution is 2.39. The topological polar surface area (TPSA) is 86.6 Å². The molecule has 1 heterocycles. The van der Waals surface area contributed by atoms with E-state index in [4.69, 9.17) is 0 Å². The Morgan fingerprint density at radius 2 is 1.55 bits per heavy atom. The molecule has 1 aliphatic rings. The molecule has 2 rings (SSSR count). The number of nitrogens with one attached hydrogen (secondary N) is 1. The highest BCUT2D eigenvalue weighted by molar-refractivity contribution is 5.98. The molecule has 0 aromatic heterocycles. The van der Waals surface area contributed by atoms with Crippen molar-refractivity contribution in [3.63, 3.8) is 0 Å². The van der Waals surface area contributed by atoms with Crippen LogP contribution in [0, 0.1) is 11.6 Å². The van der Waals surface area contributed by atoms with Crippen molar-refractivity contribution in [3.8, 4) is 0 Å². The third kappa shape index (κ3) is 2.45. The van der Waals surface area contributed by atoms with E-state index in [1.165, 1.54) is 26.0 Å². The molecule has 0 amide bonds. The lowest BCUT2D eigenvalue weighted by atomic mass is 9.80. The molecule has 0 radical (unpaired) electrons. The highest BCUT2D eigenvalue weighted by atomic mass is 19.2. The minimum absolute atomic E-state index is 0.184. The molecule has 5 nitrogen and oxygen atoms in total. The summed E-state index contributed by atoms with van der Waals surface area (Å²) in [5.41, 5.74) is -0.609. The Morgan fingerprint density at radius 1 is 1.05 bits per heavy atom. The molecule has 116 valence electrons. The predicted molar refractivity (Wildman–Crippen MR) is 72.9 cm³/mol. The molecule has 7 heteroatoms. The van der Waals surface area contributed by atoms with Gasteiger partial charge in [0.2, 0.25) is 0 Å². The summed E-state index contributed by atoms with van der Waals surface area (Å²) in [5, 5.41) is 21.4. The standard InChI is InChI=1S/C15H13F2NO4/c1-6-10(14(19)20)12(11(15(21)22)7(2)18-6)8-4-3-5-9(16)13(8)17/h3-5,12,18H,1-2H3,(H,19,20)(H,21,22). The Labute approximate surface area is 124 Å². The number of benzene rings is 1. The molecular formula is C15H13F2NO4. The molecule has 0 atom stereocenters. The highest BCUT2D eigenvalue weighted by Gasteiger charge is 2.38. The number of carboxylic acids is 2. The van der Waals surface area contributed by atoms with Gasteiger partial charge in [-0.2, -0.15) is 0 Å². The minimum Gasteiger partial charge on any atom is -0.478 e. The summed E-state index contributed by atoms with van der Waals surface area (Å²) in [4.78, 5) is 23.0. The molecule has 0 saturated heterocycles. The van der Waals surface area contributed by atoms with Gasteiger partial charge in [-0.1, -0.05) is 12.1 Å². The molecule has 1 aromatic rings. The fourth-order valence-electron chi connectivity index (χ4n) is 2.62. The van der Waals surface area contributed by atoms with Gasteiger partial charge in [-0.3, -0.25) is 0 Å². The lowest BCUT2D eigenvalue weighted by Crippen LogP contribution is -2.31. The van der Waals surface area contributed by atoms with Gasteiger partial charge in [0, 0.05) is 17.0 Å². The van der Waals surface area contributed by atoms with Crippen LogP contribution in [0.2, 0.25) is 0 Å². The zero-order valence-corrected chi connectivity index (χ0v) is 11.8. The van der Waals surface area contributed by atoms with Crippen LogP contribution in [0.25, 0.3) is 0 Å². The first kappa shape index (κ1) is 15.7. The van der Waals surface area contributed by atoms with Crippen molar-refractivity contribution in [1.82, 2.24) is 5.32 Å². The Bertz CT molecular complexity index is 701. The number of dihydropyridines is 1. The number of aliphatic carboxylic acids is 2. The summed E-state index contributed by atoms with van der Waals surface area (Å²) in [7, 11) is 0. The van der Waals surface area contributed by atoms with Crippen LogP contribution >= 0.6 is 0 Å². The Kier molecular flexibility index (Phi) is 3.99. The molecule has 3 N–H and O–H groups in total. The molecule has 1 aromatic carbocycles. The van der Waals surface area contributed by atoms with E-state index in [-0.39, 0.29) is 28.1 Å². The largest absolute Gasteiger partial charge is 0.478 e. The lowest BCUT2D eigenvalue weighted by Gasteiger charge is -2.28. The van der Waals surface area contributed by atoms with E-state index < -0.39 is 29.5 Å². The molecule has 0 saturated carbocycles. The monoisotopic (exact) mass is 309 g/mol. The van der Waals surface area contributed by atoms with E-state index in [1.807, 2.05) is 0 Å². The van der Waals surface area contributed by atoms with Gasteiger partial charge < -0.3 is 15.5 Å². The van der Waals surface area contributed by atoms with Crippen molar-refractivity contribution in [2.75, 3.05) is 0 Å². The Morgan fingerprint density at radius 3 is 2.00 bits per heavy atom. The first-order valence-corrected chi connectivity index (χ1v) is 6.34. The van der Waals surface area contributed by atoms with Gasteiger partial charge in [-0.05, 0) is 19.9 Å². The summed E-state index contributed by atoms with van der Waals surface area (Å²) in [5.74, 6) is -6.62. The minimum atomic E-state index is -1.40. The zero-order chi connectivity index (χ0) is 16.6. The SMILES string of the molecule is CC1=C(C(=O)O)C(c2cccc(F)c2F)C(C(=O)O)=C(C)N1. The van der Waals surface area contributed by atoms with E-state index in [2.05, 4.69) is 5.32 Å². The van der Waals surface area contributed by atoms with E-state index in [9.17, 15) is 28.6 Å². The normalized spacial score (nSPS) is 15.8. The van der Waals surface area contributed by atoms with Gasteiger partial charge in [0.15, 0.2) is 11.6 Å². The number of carboxylic acid groups (broad SMARTS) is 2. The van der Waals surface area contributed by atoms with Gasteiger partial charge >= 0.3 is 11.9 Å². The maximum absolute atomic E-state index is 14.1. The molecule has 0 spiro atoms. The third-order valence-corrected chi connectivity index (χ3v) is 3.51. The zero-order valence-electron chi connectivity index (χ0n) is 11.8. The quantitative estimate of drug-likeness (QED) is 0.798. The summed E-state index contributed by atoms with van der Waals surface area (Å²) >= 11 is 0. The lowest BCUT2D eigenvalue weighted by molar-refractivity contribution is -0.133. The smallest absolute Gasteiger partial charge is 0.334 e. The first-order chi connectivity index (χ1) is 10.3. The van der Waals surface area contributed by atoms with E-state index in [1.54, 1.807) is 0 Å². The van der Waals surface area contributed by atoms with Gasteiger partial charge in [-0.25, -0.2) is 18.4 Å². The number of carbonyl (C=O) groups is 2. The summed E-state index contributed by atoms with van der Waals surface area (Å²) < 4.78 is 27.6. The molecule has 0 unspecified atom stereocenters. The molecule has 1 aliphatic heterocycles. The van der Waals surface area contributed by atoms with Crippen molar-refractivity contribution >= 4 is 11.9 Å². The van der Waals surface area contributed by atoms with E-state index in [0.717, 1.165) is 6.07 Å². The molecule has 0 bridgehead atoms. The maximum atomic E-state index is 14.1. The number of hydrogen-bond acceptors (Lipinski definition) is 3. The van der Waals surface area contributed by atoms with Crippen LogP contribution in [0.5, 0.6) is 0 Å². The third-order valence-electron chi connectivity index (χ3n) is 3.51. The van der Waals surface area contributed by atoms with E-state index in [0.29, 0.717) is 0 Å². The first-order valence-electron chi connectivity index (χ1n) is 6.34. The maximum Gasteiger partial charge on any atom is 0.334 e. The van der Waals surface area contributed by atoms with Crippen molar-refractivity contribution in [2.24, 2.45) is 0 Å². The molecular weight excluding hydrogens is 296 g/mol. The van der Waals surface area contributed by atoms with Crippen LogP contribution in [0.1, 0.15) is 25.3 Å². The summed E-state index contributed by atoms with van der Waals surface area (Å²) in [6.07, 6.45) is 0. The number of hydrogen-bond donors (Lipinski definition) is 3. The second kappa shape index (κ2) is 5.59. The van der Waals surface area contributed by atoms with Gasteiger partial charge in [0.05, 0.1) is 17.1 Å². The molecule has 0 fully saturated rings. The molecule has 0 aliphatic carbocycles. The summed E-state index contributed by atoms with van der Waals surface area (Å²) in [6.45, 7) is 2.88. The second-order valence-electron chi connectivity index (χ2n) is 4.89. The van der Waals surface area contributed by atoms with Crippen LogP contribution in [0.3, 0.4) is 0 Å². The van der Waals surface area contributed by atoms with Crippen LogP contribution in [-0.4, -0.2) is 22.2 Å². The van der Waals surface area contributed by atoms with Crippen molar-refractivity contribution in [2.45, 2.75) is 19.8 Å². The number of allylic oxidation sites excluding steroid dienone is 2. The predicted octanol–water partition coefficient (Wildman–Crippen LogP) is 2.37. The van der Waals surface area contributed by atoms with Crippen molar-refractivity contribution in [3.05, 3.63) is 57.9 Å². The van der Waals surface area contributed by atoms with Crippen LogP contribution in [0.4, 0.5) is 8.78 Å². The number of halogens is 2. The van der Waals surface area contributed by atoms with Crippen LogP contribution < -0.4 is 5.32 Å².